The smallest absolute Gasteiger partial charge is 0.261 e. The average molecular weight is 283 g/mol. The molecule has 6 nitrogen and oxygen atoms in total. The first-order valence-corrected chi connectivity index (χ1v) is 6.30. The molecule has 0 aliphatic rings. The maximum absolute atomic E-state index is 11.8. The highest BCUT2D eigenvalue weighted by atomic mass is 16.3. The van der Waals surface area contributed by atoms with E-state index in [1.807, 2.05) is 25.1 Å². The van der Waals surface area contributed by atoms with Crippen LogP contribution in [0.4, 0.5) is 5.69 Å². The number of amides is 1. The van der Waals surface area contributed by atoms with Gasteiger partial charge in [0.1, 0.15) is 17.6 Å². The number of nitrogens with zero attached hydrogens (tertiary/aromatic N) is 1. The van der Waals surface area contributed by atoms with Crippen molar-refractivity contribution >= 4 is 28.5 Å². The molecule has 0 unspecified atom stereocenters. The summed E-state index contributed by atoms with van der Waals surface area (Å²) in [5, 5.41) is 3.42. The van der Waals surface area contributed by atoms with E-state index in [1.165, 1.54) is 12.5 Å². The number of guanidine groups is 1. The van der Waals surface area contributed by atoms with Gasteiger partial charge in [0.15, 0.2) is 0 Å². The third-order valence-electron chi connectivity index (χ3n) is 2.90. The molecule has 3 aromatic rings. The SMILES string of the molecule is Cc1cc2cc(N=C(N)NC(=O)c3ccoc3)ccc2o1. The van der Waals surface area contributed by atoms with Crippen molar-refractivity contribution in [2.75, 3.05) is 0 Å². The van der Waals surface area contributed by atoms with Gasteiger partial charge >= 0.3 is 0 Å². The molecule has 21 heavy (non-hydrogen) atoms. The molecule has 0 aliphatic heterocycles. The Balaban J connectivity index is 1.80. The van der Waals surface area contributed by atoms with E-state index in [9.17, 15) is 4.79 Å². The molecule has 0 saturated heterocycles. The Kier molecular flexibility index (Phi) is 3.19. The van der Waals surface area contributed by atoms with Gasteiger partial charge in [0, 0.05) is 5.39 Å². The van der Waals surface area contributed by atoms with Gasteiger partial charge in [-0.25, -0.2) is 4.99 Å². The third kappa shape index (κ3) is 2.79. The van der Waals surface area contributed by atoms with Crippen LogP contribution in [0.3, 0.4) is 0 Å². The van der Waals surface area contributed by atoms with Crippen molar-refractivity contribution in [1.82, 2.24) is 5.32 Å². The van der Waals surface area contributed by atoms with Crippen molar-refractivity contribution in [2.45, 2.75) is 6.92 Å². The van der Waals surface area contributed by atoms with Gasteiger partial charge in [-0.05, 0) is 37.3 Å². The van der Waals surface area contributed by atoms with Gasteiger partial charge in [0.2, 0.25) is 5.96 Å². The number of benzene rings is 1. The Morgan fingerprint density at radius 1 is 1.29 bits per heavy atom. The van der Waals surface area contributed by atoms with Crippen LogP contribution in [-0.2, 0) is 0 Å². The highest BCUT2D eigenvalue weighted by molar-refractivity contribution is 6.05. The largest absolute Gasteiger partial charge is 0.472 e. The second kappa shape index (κ2) is 5.16. The Morgan fingerprint density at radius 3 is 2.90 bits per heavy atom. The number of nitrogens with one attached hydrogen (secondary N) is 1. The van der Waals surface area contributed by atoms with Crippen molar-refractivity contribution in [3.8, 4) is 0 Å². The highest BCUT2D eigenvalue weighted by Crippen LogP contribution is 2.24. The molecular weight excluding hydrogens is 270 g/mol. The molecule has 0 bridgehead atoms. The van der Waals surface area contributed by atoms with Crippen molar-refractivity contribution in [2.24, 2.45) is 10.7 Å². The lowest BCUT2D eigenvalue weighted by molar-refractivity contribution is 0.0976. The Labute approximate surface area is 120 Å². The summed E-state index contributed by atoms with van der Waals surface area (Å²) in [5.41, 5.74) is 7.53. The molecule has 106 valence electrons. The second-order valence-corrected chi connectivity index (χ2v) is 4.54. The predicted octanol–water partition coefficient (Wildman–Crippen LogP) is 2.71. The molecule has 0 atom stereocenters. The molecule has 3 N–H and O–H groups in total. The summed E-state index contributed by atoms with van der Waals surface area (Å²) in [4.78, 5) is 15.9. The molecule has 3 rings (SSSR count). The minimum Gasteiger partial charge on any atom is -0.472 e. The van der Waals surface area contributed by atoms with E-state index in [1.54, 1.807) is 12.1 Å². The molecule has 0 aliphatic carbocycles. The van der Waals surface area contributed by atoms with Crippen LogP contribution < -0.4 is 11.1 Å². The lowest BCUT2D eigenvalue weighted by atomic mass is 10.2. The summed E-state index contributed by atoms with van der Waals surface area (Å²) in [6.45, 7) is 1.88. The highest BCUT2D eigenvalue weighted by Gasteiger charge is 2.08. The standard InChI is InChI=1S/C15H13N3O3/c1-9-6-11-7-12(2-3-13(11)21-9)17-15(16)18-14(19)10-4-5-20-8-10/h2-8H,1H3,(H3,16,17,18,19). The molecular formula is C15H13N3O3. The molecule has 0 radical (unpaired) electrons. The quantitative estimate of drug-likeness (QED) is 0.558. The van der Waals surface area contributed by atoms with Crippen LogP contribution in [0.2, 0.25) is 0 Å². The molecule has 0 spiro atoms. The van der Waals surface area contributed by atoms with Crippen LogP contribution in [0, 0.1) is 6.92 Å². The van der Waals surface area contributed by atoms with Crippen LogP contribution in [0.15, 0.2) is 56.7 Å². The summed E-state index contributed by atoms with van der Waals surface area (Å²) in [7, 11) is 0. The fourth-order valence-corrected chi connectivity index (χ4v) is 1.98. The molecule has 6 heteroatoms. The summed E-state index contributed by atoms with van der Waals surface area (Å²) in [6.07, 6.45) is 2.75. The lowest BCUT2D eigenvalue weighted by Crippen LogP contribution is -2.36. The average Bonchev–Trinajstić information content (AvgIpc) is 3.05. The molecule has 0 saturated carbocycles. The van der Waals surface area contributed by atoms with E-state index in [2.05, 4.69) is 10.3 Å². The number of aliphatic imine (C=N–C) groups is 1. The van der Waals surface area contributed by atoms with Crippen LogP contribution in [0.1, 0.15) is 16.1 Å². The normalized spacial score (nSPS) is 11.8. The van der Waals surface area contributed by atoms with Gasteiger partial charge in [-0.15, -0.1) is 0 Å². The first kappa shape index (κ1) is 13.0. The number of furan rings is 2. The van der Waals surface area contributed by atoms with Crippen LogP contribution in [0.25, 0.3) is 11.0 Å². The number of fused-ring (bicyclic) bond motifs is 1. The van der Waals surface area contributed by atoms with Crippen LogP contribution >= 0.6 is 0 Å². The van der Waals surface area contributed by atoms with E-state index in [4.69, 9.17) is 14.6 Å². The summed E-state index contributed by atoms with van der Waals surface area (Å²) < 4.78 is 10.3. The van der Waals surface area contributed by atoms with Gasteiger partial charge in [0.25, 0.3) is 5.91 Å². The zero-order chi connectivity index (χ0) is 14.8. The summed E-state index contributed by atoms with van der Waals surface area (Å²) in [5.74, 6) is 0.471. The minimum absolute atomic E-state index is 0.0146. The zero-order valence-electron chi connectivity index (χ0n) is 11.3. The summed E-state index contributed by atoms with van der Waals surface area (Å²) in [6, 6.07) is 8.87. The van der Waals surface area contributed by atoms with E-state index in [0.29, 0.717) is 11.3 Å². The zero-order valence-corrected chi connectivity index (χ0v) is 11.3. The minimum atomic E-state index is -0.370. The number of rotatable bonds is 2. The van der Waals surface area contributed by atoms with E-state index in [0.717, 1.165) is 16.7 Å². The number of carbonyl (C=O) groups is 1. The van der Waals surface area contributed by atoms with Gasteiger partial charge in [-0.2, -0.15) is 0 Å². The first-order valence-electron chi connectivity index (χ1n) is 6.30. The maximum atomic E-state index is 11.8. The van der Waals surface area contributed by atoms with Crippen LogP contribution in [0.5, 0.6) is 0 Å². The number of hydrogen-bond donors (Lipinski definition) is 2. The first-order chi connectivity index (χ1) is 10.1. The number of aryl methyl sites for hydroxylation is 1. The fraction of sp³-hybridized carbons (Fsp3) is 0.0667. The van der Waals surface area contributed by atoms with Gasteiger partial charge in [-0.3, -0.25) is 10.1 Å². The van der Waals surface area contributed by atoms with E-state index >= 15 is 0 Å². The van der Waals surface area contributed by atoms with Crippen molar-refractivity contribution < 1.29 is 13.6 Å². The molecule has 2 heterocycles. The Bertz CT molecular complexity index is 816. The van der Waals surface area contributed by atoms with Crippen molar-refractivity contribution in [1.29, 1.82) is 0 Å². The maximum Gasteiger partial charge on any atom is 0.261 e. The monoisotopic (exact) mass is 283 g/mol. The van der Waals surface area contributed by atoms with Crippen molar-refractivity contribution in [3.05, 3.63) is 54.2 Å². The Hall–Kier alpha value is -3.02. The van der Waals surface area contributed by atoms with E-state index < -0.39 is 0 Å². The number of nitrogens with two attached hydrogens (primary N) is 1. The van der Waals surface area contributed by atoms with Gasteiger partial charge in [0.05, 0.1) is 17.5 Å². The predicted molar refractivity (Wildman–Crippen MR) is 78.4 cm³/mol. The molecule has 2 aromatic heterocycles. The number of carbonyl (C=O) groups excluding carboxylic acids is 1. The lowest BCUT2D eigenvalue weighted by Gasteiger charge is -2.02. The molecule has 1 amide bonds. The second-order valence-electron chi connectivity index (χ2n) is 4.54. The Morgan fingerprint density at radius 2 is 2.14 bits per heavy atom. The third-order valence-corrected chi connectivity index (χ3v) is 2.90. The van der Waals surface area contributed by atoms with Gasteiger partial charge < -0.3 is 14.6 Å². The summed E-state index contributed by atoms with van der Waals surface area (Å²) >= 11 is 0. The van der Waals surface area contributed by atoms with Crippen molar-refractivity contribution in [3.63, 3.8) is 0 Å². The molecule has 0 fully saturated rings. The number of hydrogen-bond acceptors (Lipinski definition) is 4. The van der Waals surface area contributed by atoms with E-state index in [-0.39, 0.29) is 11.9 Å². The van der Waals surface area contributed by atoms with Gasteiger partial charge in [-0.1, -0.05) is 0 Å². The molecule has 1 aromatic carbocycles. The van der Waals surface area contributed by atoms with Crippen LogP contribution in [-0.4, -0.2) is 11.9 Å². The topological polar surface area (TPSA) is 93.8 Å². The fourth-order valence-electron chi connectivity index (χ4n) is 1.98.